The van der Waals surface area contributed by atoms with Gasteiger partial charge in [0, 0.05) is 0 Å². The lowest BCUT2D eigenvalue weighted by Gasteiger charge is -2.31. The Kier molecular flexibility index (Phi) is 1.27. The van der Waals surface area contributed by atoms with Gasteiger partial charge in [-0.3, -0.25) is 0 Å². The molecular formula is C9H13N3O. The summed E-state index contributed by atoms with van der Waals surface area (Å²) in [6, 6.07) is 0.209. The third-order valence-corrected chi connectivity index (χ3v) is 3.54. The summed E-state index contributed by atoms with van der Waals surface area (Å²) in [6.45, 7) is 0. The third kappa shape index (κ3) is 0.913. The van der Waals surface area contributed by atoms with Crippen LogP contribution in [0.25, 0.3) is 0 Å². The van der Waals surface area contributed by atoms with Gasteiger partial charge in [0.15, 0.2) is 0 Å². The molecule has 0 aliphatic heterocycles. The van der Waals surface area contributed by atoms with Crippen molar-refractivity contribution in [3.63, 3.8) is 0 Å². The second-order valence-corrected chi connectivity index (χ2v) is 4.23. The van der Waals surface area contributed by atoms with Gasteiger partial charge < -0.3 is 10.2 Å². The van der Waals surface area contributed by atoms with Crippen LogP contribution in [0, 0.1) is 5.92 Å². The summed E-state index contributed by atoms with van der Waals surface area (Å²) in [4.78, 5) is 0. The molecule has 0 bridgehead atoms. The highest BCUT2D eigenvalue weighted by Crippen LogP contribution is 2.59. The number of anilines is 1. The van der Waals surface area contributed by atoms with Crippen LogP contribution in [0.5, 0.6) is 0 Å². The molecule has 1 aromatic heterocycles. The molecule has 0 saturated heterocycles. The fourth-order valence-electron chi connectivity index (χ4n) is 2.33. The molecule has 4 nitrogen and oxygen atoms in total. The summed E-state index contributed by atoms with van der Waals surface area (Å²) in [6.07, 6.45) is 6.42. The highest BCUT2D eigenvalue weighted by atomic mass is 16.4. The van der Waals surface area contributed by atoms with Crippen molar-refractivity contribution in [2.24, 2.45) is 5.92 Å². The van der Waals surface area contributed by atoms with E-state index in [9.17, 15) is 0 Å². The van der Waals surface area contributed by atoms with Gasteiger partial charge in [0.25, 0.3) is 0 Å². The van der Waals surface area contributed by atoms with Crippen molar-refractivity contribution in [3.8, 4) is 0 Å². The summed E-state index contributed by atoms with van der Waals surface area (Å²) >= 11 is 0. The van der Waals surface area contributed by atoms with Crippen molar-refractivity contribution in [2.75, 3.05) is 5.73 Å². The molecule has 3 rings (SSSR count). The number of nitrogen functional groups attached to an aromatic ring is 1. The second kappa shape index (κ2) is 2.25. The standard InChI is InChI=1S/C9H13N3O/c10-8-12-11-7(13-8)9(4-5-9)6-2-1-3-6/h6H,1-5H2,(H2,10,12). The molecule has 13 heavy (non-hydrogen) atoms. The maximum absolute atomic E-state index is 5.42. The molecule has 2 fully saturated rings. The van der Waals surface area contributed by atoms with Crippen LogP contribution in [-0.2, 0) is 5.41 Å². The molecule has 0 radical (unpaired) electrons. The lowest BCUT2D eigenvalue weighted by Crippen LogP contribution is -2.27. The SMILES string of the molecule is Nc1nnc(C2(C3CCC3)CC2)o1. The molecule has 1 heterocycles. The van der Waals surface area contributed by atoms with Gasteiger partial charge in [-0.05, 0) is 31.6 Å². The Hall–Kier alpha value is -1.06. The normalized spacial score (nSPS) is 25.5. The molecule has 2 aliphatic carbocycles. The Labute approximate surface area is 76.5 Å². The zero-order chi connectivity index (χ0) is 8.89. The number of hydrogen-bond acceptors (Lipinski definition) is 4. The van der Waals surface area contributed by atoms with E-state index in [0.29, 0.717) is 0 Å². The van der Waals surface area contributed by atoms with Crippen LogP contribution in [0.3, 0.4) is 0 Å². The maximum atomic E-state index is 5.42. The number of nitrogens with zero attached hydrogens (tertiary/aromatic N) is 2. The third-order valence-electron chi connectivity index (χ3n) is 3.54. The number of nitrogens with two attached hydrogens (primary N) is 1. The molecular weight excluding hydrogens is 166 g/mol. The molecule has 4 heteroatoms. The molecule has 0 aromatic carbocycles. The van der Waals surface area contributed by atoms with Gasteiger partial charge in [0.1, 0.15) is 0 Å². The van der Waals surface area contributed by atoms with Crippen LogP contribution in [0.4, 0.5) is 6.01 Å². The summed E-state index contributed by atoms with van der Waals surface area (Å²) in [7, 11) is 0. The first-order chi connectivity index (χ1) is 6.31. The van der Waals surface area contributed by atoms with Crippen molar-refractivity contribution in [3.05, 3.63) is 5.89 Å². The first-order valence-corrected chi connectivity index (χ1v) is 4.91. The molecule has 0 amide bonds. The van der Waals surface area contributed by atoms with E-state index >= 15 is 0 Å². The van der Waals surface area contributed by atoms with Crippen LogP contribution in [-0.4, -0.2) is 10.2 Å². The Morgan fingerprint density at radius 1 is 1.31 bits per heavy atom. The summed E-state index contributed by atoms with van der Waals surface area (Å²) in [5.74, 6) is 1.57. The molecule has 0 spiro atoms. The summed E-state index contributed by atoms with van der Waals surface area (Å²) < 4.78 is 5.32. The predicted octanol–water partition coefficient (Wildman–Crippen LogP) is 1.48. The summed E-state index contributed by atoms with van der Waals surface area (Å²) in [5, 5.41) is 7.74. The minimum Gasteiger partial charge on any atom is -0.408 e. The topological polar surface area (TPSA) is 64.9 Å². The van der Waals surface area contributed by atoms with Crippen molar-refractivity contribution in [1.82, 2.24) is 10.2 Å². The van der Waals surface area contributed by atoms with Crippen molar-refractivity contribution in [1.29, 1.82) is 0 Å². The fraction of sp³-hybridized carbons (Fsp3) is 0.778. The first-order valence-electron chi connectivity index (χ1n) is 4.91. The minimum absolute atomic E-state index is 0.209. The lowest BCUT2D eigenvalue weighted by atomic mass is 9.73. The fourth-order valence-corrected chi connectivity index (χ4v) is 2.33. The number of rotatable bonds is 2. The van der Waals surface area contributed by atoms with E-state index in [1.54, 1.807) is 0 Å². The Morgan fingerprint density at radius 2 is 2.08 bits per heavy atom. The monoisotopic (exact) mass is 179 g/mol. The average Bonchev–Trinajstić information content (AvgIpc) is 2.65. The van der Waals surface area contributed by atoms with Crippen molar-refractivity contribution >= 4 is 6.01 Å². The van der Waals surface area contributed by atoms with Crippen LogP contribution in [0.2, 0.25) is 0 Å². The lowest BCUT2D eigenvalue weighted by molar-refractivity contribution is 0.216. The van der Waals surface area contributed by atoms with Crippen LogP contribution < -0.4 is 5.73 Å². The smallest absolute Gasteiger partial charge is 0.312 e. The molecule has 70 valence electrons. The van der Waals surface area contributed by atoms with Crippen LogP contribution in [0.1, 0.15) is 38.0 Å². The number of aromatic nitrogens is 2. The molecule has 0 atom stereocenters. The highest BCUT2D eigenvalue weighted by Gasteiger charge is 2.56. The predicted molar refractivity (Wildman–Crippen MR) is 47.0 cm³/mol. The Morgan fingerprint density at radius 3 is 2.46 bits per heavy atom. The molecule has 2 saturated carbocycles. The molecule has 1 aromatic rings. The Balaban J connectivity index is 1.90. The molecule has 0 unspecified atom stereocenters. The van der Waals surface area contributed by atoms with Gasteiger partial charge in [-0.15, -0.1) is 5.10 Å². The van der Waals surface area contributed by atoms with E-state index in [2.05, 4.69) is 10.2 Å². The van der Waals surface area contributed by atoms with Gasteiger partial charge in [-0.2, -0.15) is 0 Å². The summed E-state index contributed by atoms with van der Waals surface area (Å²) in [5.41, 5.74) is 5.66. The van der Waals surface area contributed by atoms with Crippen molar-refractivity contribution < 1.29 is 4.42 Å². The largest absolute Gasteiger partial charge is 0.408 e. The zero-order valence-electron chi connectivity index (χ0n) is 7.49. The maximum Gasteiger partial charge on any atom is 0.312 e. The van der Waals surface area contributed by atoms with E-state index in [1.165, 1.54) is 32.1 Å². The number of hydrogen-bond donors (Lipinski definition) is 1. The van der Waals surface area contributed by atoms with Crippen LogP contribution in [0.15, 0.2) is 4.42 Å². The average molecular weight is 179 g/mol. The quantitative estimate of drug-likeness (QED) is 0.746. The first kappa shape index (κ1) is 7.35. The molecule has 2 aliphatic rings. The van der Waals surface area contributed by atoms with Gasteiger partial charge in [-0.25, -0.2) is 0 Å². The van der Waals surface area contributed by atoms with E-state index in [4.69, 9.17) is 10.2 Å². The second-order valence-electron chi connectivity index (χ2n) is 4.23. The van der Waals surface area contributed by atoms with Crippen LogP contribution >= 0.6 is 0 Å². The van der Waals surface area contributed by atoms with Gasteiger partial charge in [0.2, 0.25) is 5.89 Å². The van der Waals surface area contributed by atoms with Crippen molar-refractivity contribution in [2.45, 2.75) is 37.5 Å². The minimum atomic E-state index is 0.209. The van der Waals surface area contributed by atoms with Gasteiger partial charge in [-0.1, -0.05) is 11.5 Å². The van der Waals surface area contributed by atoms with Gasteiger partial charge in [0.05, 0.1) is 5.41 Å². The van der Waals surface area contributed by atoms with E-state index in [0.717, 1.165) is 11.8 Å². The Bertz CT molecular complexity index is 325. The van der Waals surface area contributed by atoms with E-state index in [1.807, 2.05) is 0 Å². The van der Waals surface area contributed by atoms with E-state index in [-0.39, 0.29) is 11.4 Å². The zero-order valence-corrected chi connectivity index (χ0v) is 7.49. The molecule has 2 N–H and O–H groups in total. The van der Waals surface area contributed by atoms with Gasteiger partial charge >= 0.3 is 6.01 Å². The highest BCUT2D eigenvalue weighted by molar-refractivity contribution is 5.21. The van der Waals surface area contributed by atoms with E-state index < -0.39 is 0 Å².